The quantitative estimate of drug-likeness (QED) is 0.652. The summed E-state index contributed by atoms with van der Waals surface area (Å²) in [4.78, 5) is 11.9. The van der Waals surface area contributed by atoms with E-state index in [0.717, 1.165) is 40.9 Å². The molecule has 0 aliphatic carbocycles. The number of nitrogens with zero attached hydrogens (tertiary/aromatic N) is 2. The van der Waals surface area contributed by atoms with Gasteiger partial charge in [-0.1, -0.05) is 19.1 Å². The highest BCUT2D eigenvalue weighted by Gasteiger charge is 2.19. The van der Waals surface area contributed by atoms with E-state index >= 15 is 0 Å². The molecular weight excluding hydrogens is 352 g/mol. The number of amides is 2. The SMILES string of the molecule is CCCn1c(-c2cccc(NC(=O)NCC)c2)c(C#N)c2ccc(OC)cc21. The van der Waals surface area contributed by atoms with E-state index in [-0.39, 0.29) is 6.03 Å². The largest absolute Gasteiger partial charge is 0.497 e. The van der Waals surface area contributed by atoms with Crippen molar-refractivity contribution in [2.24, 2.45) is 0 Å². The van der Waals surface area contributed by atoms with E-state index in [4.69, 9.17) is 4.74 Å². The number of nitrogens with one attached hydrogen (secondary N) is 2. The maximum absolute atomic E-state index is 11.9. The third kappa shape index (κ3) is 3.65. The molecule has 1 heterocycles. The number of fused-ring (bicyclic) bond motifs is 1. The number of methoxy groups -OCH3 is 1. The number of ether oxygens (including phenoxy) is 1. The average Bonchev–Trinajstić information content (AvgIpc) is 3.01. The van der Waals surface area contributed by atoms with Gasteiger partial charge in [-0.25, -0.2) is 4.79 Å². The molecule has 6 nitrogen and oxygen atoms in total. The number of hydrogen-bond donors (Lipinski definition) is 2. The molecule has 0 aliphatic rings. The van der Waals surface area contributed by atoms with Gasteiger partial charge in [-0.3, -0.25) is 0 Å². The summed E-state index contributed by atoms with van der Waals surface area (Å²) < 4.78 is 7.53. The fraction of sp³-hybridized carbons (Fsp3) is 0.273. The Labute approximate surface area is 164 Å². The van der Waals surface area contributed by atoms with E-state index in [2.05, 4.69) is 28.2 Å². The third-order valence-corrected chi connectivity index (χ3v) is 4.56. The molecule has 28 heavy (non-hydrogen) atoms. The van der Waals surface area contributed by atoms with Crippen LogP contribution >= 0.6 is 0 Å². The Morgan fingerprint density at radius 3 is 2.71 bits per heavy atom. The van der Waals surface area contributed by atoms with E-state index in [1.165, 1.54) is 0 Å². The van der Waals surface area contributed by atoms with Crippen LogP contribution in [0.2, 0.25) is 0 Å². The van der Waals surface area contributed by atoms with Crippen molar-refractivity contribution in [3.63, 3.8) is 0 Å². The second kappa shape index (κ2) is 8.49. The lowest BCUT2D eigenvalue weighted by molar-refractivity contribution is 0.252. The molecule has 6 heteroatoms. The molecular formula is C22H24N4O2. The zero-order valence-electron chi connectivity index (χ0n) is 16.4. The number of carbonyl (C=O) groups excluding carboxylic acids is 1. The molecule has 1 aromatic heterocycles. The Kier molecular flexibility index (Phi) is 5.85. The van der Waals surface area contributed by atoms with Crippen molar-refractivity contribution in [2.75, 3.05) is 19.0 Å². The number of carbonyl (C=O) groups is 1. The van der Waals surface area contributed by atoms with Crippen LogP contribution in [0.25, 0.3) is 22.2 Å². The standard InChI is InChI=1S/C22H24N4O2/c1-4-11-26-20-13-17(28-3)9-10-18(20)19(14-23)21(26)15-7-6-8-16(12-15)25-22(27)24-5-2/h6-10,12-13H,4-5,11H2,1-3H3,(H2,24,25,27). The Hall–Kier alpha value is -3.46. The van der Waals surface area contributed by atoms with E-state index < -0.39 is 0 Å². The van der Waals surface area contributed by atoms with Crippen LogP contribution < -0.4 is 15.4 Å². The molecule has 0 radical (unpaired) electrons. The fourth-order valence-corrected chi connectivity index (χ4v) is 3.41. The van der Waals surface area contributed by atoms with Crippen molar-refractivity contribution in [3.05, 3.63) is 48.0 Å². The minimum atomic E-state index is -0.251. The summed E-state index contributed by atoms with van der Waals surface area (Å²) in [6, 6.07) is 15.5. The van der Waals surface area contributed by atoms with Gasteiger partial charge in [0.25, 0.3) is 0 Å². The van der Waals surface area contributed by atoms with Crippen molar-refractivity contribution in [1.29, 1.82) is 5.26 Å². The van der Waals surface area contributed by atoms with Gasteiger partial charge in [-0.2, -0.15) is 5.26 Å². The predicted molar refractivity (Wildman–Crippen MR) is 112 cm³/mol. The minimum absolute atomic E-state index is 0.251. The smallest absolute Gasteiger partial charge is 0.319 e. The number of aryl methyl sites for hydroxylation is 1. The molecule has 0 saturated carbocycles. The molecule has 0 unspecified atom stereocenters. The maximum atomic E-state index is 11.9. The number of aromatic nitrogens is 1. The Morgan fingerprint density at radius 2 is 2.04 bits per heavy atom. The molecule has 0 bridgehead atoms. The van der Waals surface area contributed by atoms with Crippen molar-refractivity contribution in [1.82, 2.24) is 9.88 Å². The first kappa shape index (κ1) is 19.3. The highest BCUT2D eigenvalue weighted by atomic mass is 16.5. The molecule has 2 amide bonds. The summed E-state index contributed by atoms with van der Waals surface area (Å²) in [5.74, 6) is 0.755. The molecule has 2 N–H and O–H groups in total. The molecule has 0 fully saturated rings. The van der Waals surface area contributed by atoms with Crippen LogP contribution in [0.1, 0.15) is 25.8 Å². The molecule has 144 valence electrons. The van der Waals surface area contributed by atoms with Crippen LogP contribution in [-0.4, -0.2) is 24.3 Å². The molecule has 3 aromatic rings. The monoisotopic (exact) mass is 376 g/mol. The second-order valence-corrected chi connectivity index (χ2v) is 6.44. The lowest BCUT2D eigenvalue weighted by Crippen LogP contribution is -2.28. The first-order valence-corrected chi connectivity index (χ1v) is 9.38. The molecule has 0 atom stereocenters. The van der Waals surface area contributed by atoms with Gasteiger partial charge in [-0.15, -0.1) is 0 Å². The van der Waals surface area contributed by atoms with Crippen LogP contribution in [0.3, 0.4) is 0 Å². The Balaban J connectivity index is 2.18. The van der Waals surface area contributed by atoms with Gasteiger partial charge in [0.15, 0.2) is 0 Å². The van der Waals surface area contributed by atoms with Crippen molar-refractivity contribution < 1.29 is 9.53 Å². The lowest BCUT2D eigenvalue weighted by Gasteiger charge is -2.12. The van der Waals surface area contributed by atoms with Gasteiger partial charge in [0.2, 0.25) is 0 Å². The normalized spacial score (nSPS) is 10.5. The predicted octanol–water partition coefficient (Wildman–Crippen LogP) is 4.74. The fourth-order valence-electron chi connectivity index (χ4n) is 3.41. The Morgan fingerprint density at radius 1 is 1.21 bits per heavy atom. The number of anilines is 1. The van der Waals surface area contributed by atoms with E-state index in [1.807, 2.05) is 49.4 Å². The van der Waals surface area contributed by atoms with Crippen molar-refractivity contribution in [2.45, 2.75) is 26.8 Å². The van der Waals surface area contributed by atoms with Gasteiger partial charge in [0.05, 0.1) is 23.9 Å². The summed E-state index contributed by atoms with van der Waals surface area (Å²) in [6.07, 6.45) is 0.926. The highest BCUT2D eigenvalue weighted by Crippen LogP contribution is 2.36. The zero-order chi connectivity index (χ0) is 20.1. The van der Waals surface area contributed by atoms with Gasteiger partial charge in [0, 0.05) is 35.8 Å². The van der Waals surface area contributed by atoms with Crippen molar-refractivity contribution in [3.8, 4) is 23.1 Å². The number of nitriles is 1. The van der Waals surface area contributed by atoms with Crippen LogP contribution in [0, 0.1) is 11.3 Å². The first-order chi connectivity index (χ1) is 13.6. The average molecular weight is 376 g/mol. The number of urea groups is 1. The summed E-state index contributed by atoms with van der Waals surface area (Å²) in [7, 11) is 1.64. The highest BCUT2D eigenvalue weighted by molar-refractivity contribution is 5.96. The lowest BCUT2D eigenvalue weighted by atomic mass is 10.1. The molecule has 0 aliphatic heterocycles. The van der Waals surface area contributed by atoms with E-state index in [1.54, 1.807) is 7.11 Å². The van der Waals surface area contributed by atoms with Gasteiger partial charge >= 0.3 is 6.03 Å². The topological polar surface area (TPSA) is 79.1 Å². The molecule has 2 aromatic carbocycles. The maximum Gasteiger partial charge on any atom is 0.319 e. The van der Waals surface area contributed by atoms with Crippen LogP contribution in [0.4, 0.5) is 10.5 Å². The van der Waals surface area contributed by atoms with E-state index in [9.17, 15) is 10.1 Å². The van der Waals surface area contributed by atoms with Crippen LogP contribution in [-0.2, 0) is 6.54 Å². The van der Waals surface area contributed by atoms with E-state index in [0.29, 0.717) is 17.8 Å². The number of hydrogen-bond acceptors (Lipinski definition) is 3. The van der Waals surface area contributed by atoms with Crippen LogP contribution in [0.5, 0.6) is 5.75 Å². The van der Waals surface area contributed by atoms with Gasteiger partial charge in [0.1, 0.15) is 11.8 Å². The molecule has 0 spiro atoms. The van der Waals surface area contributed by atoms with Gasteiger partial charge in [-0.05, 0) is 37.6 Å². The summed E-state index contributed by atoms with van der Waals surface area (Å²) in [5, 5.41) is 16.3. The molecule has 0 saturated heterocycles. The van der Waals surface area contributed by atoms with Gasteiger partial charge < -0.3 is 19.9 Å². The Bertz CT molecular complexity index is 1050. The summed E-state index contributed by atoms with van der Waals surface area (Å²) in [5.41, 5.74) is 4.01. The van der Waals surface area contributed by atoms with Crippen molar-refractivity contribution >= 4 is 22.6 Å². The molecule has 3 rings (SSSR count). The summed E-state index contributed by atoms with van der Waals surface area (Å²) >= 11 is 0. The number of benzene rings is 2. The zero-order valence-corrected chi connectivity index (χ0v) is 16.4. The first-order valence-electron chi connectivity index (χ1n) is 9.38. The third-order valence-electron chi connectivity index (χ3n) is 4.56. The van der Waals surface area contributed by atoms with Crippen LogP contribution in [0.15, 0.2) is 42.5 Å². The second-order valence-electron chi connectivity index (χ2n) is 6.44. The minimum Gasteiger partial charge on any atom is -0.497 e. The number of rotatable bonds is 6. The summed E-state index contributed by atoms with van der Waals surface area (Å²) in [6.45, 7) is 5.30.